The van der Waals surface area contributed by atoms with E-state index in [1.807, 2.05) is 32.0 Å². The average molecular weight is 190 g/mol. The highest BCUT2D eigenvalue weighted by atomic mass is 16.5. The summed E-state index contributed by atoms with van der Waals surface area (Å²) in [6.07, 6.45) is 3.30. The lowest BCUT2D eigenvalue weighted by Crippen LogP contribution is -2.06. The molecular weight excluding hydrogens is 172 g/mol. The van der Waals surface area contributed by atoms with Crippen LogP contribution < -0.4 is 4.74 Å². The quantitative estimate of drug-likeness (QED) is 0.652. The molecule has 1 heterocycles. The molecule has 76 valence electrons. The van der Waals surface area contributed by atoms with Gasteiger partial charge in [-0.1, -0.05) is 39.0 Å². The molecule has 0 saturated heterocycles. The lowest BCUT2D eigenvalue weighted by atomic mass is 10.1. The Hall–Kier alpha value is -1.24. The first-order valence-corrected chi connectivity index (χ1v) is 5.31. The molecule has 0 bridgehead atoms. The predicted molar refractivity (Wildman–Crippen MR) is 61.6 cm³/mol. The molecule has 1 heteroatoms. The largest absolute Gasteiger partial charge is 0.489 e. The molecule has 0 amide bonds. The Morgan fingerprint density at radius 2 is 1.93 bits per heavy atom. The van der Waals surface area contributed by atoms with Gasteiger partial charge < -0.3 is 4.74 Å². The Balaban J connectivity index is 0.000000461. The first-order chi connectivity index (χ1) is 6.90. The molecule has 0 fully saturated rings. The van der Waals surface area contributed by atoms with Crippen LogP contribution in [0.5, 0.6) is 5.75 Å². The van der Waals surface area contributed by atoms with Crippen molar-refractivity contribution < 1.29 is 4.74 Å². The van der Waals surface area contributed by atoms with Gasteiger partial charge in [0.25, 0.3) is 0 Å². The number of rotatable bonds is 1. The zero-order valence-corrected chi connectivity index (χ0v) is 9.21. The van der Waals surface area contributed by atoms with Crippen LogP contribution in [0.1, 0.15) is 32.8 Å². The molecule has 0 aromatic heterocycles. The minimum atomic E-state index is 0.757. The number of hydrogen-bond donors (Lipinski definition) is 0. The van der Waals surface area contributed by atoms with Crippen molar-refractivity contribution in [3.8, 4) is 5.75 Å². The van der Waals surface area contributed by atoms with Crippen molar-refractivity contribution in [2.24, 2.45) is 0 Å². The van der Waals surface area contributed by atoms with Gasteiger partial charge in [-0.3, -0.25) is 0 Å². The summed E-state index contributed by atoms with van der Waals surface area (Å²) in [5.74, 6) is 1.01. The molecule has 0 aliphatic carbocycles. The van der Waals surface area contributed by atoms with Crippen LogP contribution in [0.15, 0.2) is 29.8 Å². The van der Waals surface area contributed by atoms with E-state index in [4.69, 9.17) is 4.74 Å². The molecule has 1 aliphatic heterocycles. The molecule has 0 radical (unpaired) electrons. The molecule has 0 atom stereocenters. The third kappa shape index (κ3) is 2.38. The first kappa shape index (κ1) is 10.8. The molecule has 1 aromatic carbocycles. The zero-order chi connectivity index (χ0) is 10.4. The van der Waals surface area contributed by atoms with E-state index in [-0.39, 0.29) is 0 Å². The van der Waals surface area contributed by atoms with E-state index in [9.17, 15) is 0 Å². The molecular formula is C13H18O. The van der Waals surface area contributed by atoms with Gasteiger partial charge in [0.15, 0.2) is 0 Å². The molecule has 1 nitrogen and oxygen atoms in total. The van der Waals surface area contributed by atoms with Crippen molar-refractivity contribution in [3.63, 3.8) is 0 Å². The van der Waals surface area contributed by atoms with Crippen LogP contribution in [0.25, 0.3) is 6.08 Å². The maximum absolute atomic E-state index is 5.56. The highest BCUT2D eigenvalue weighted by Crippen LogP contribution is 2.26. The summed E-state index contributed by atoms with van der Waals surface area (Å²) >= 11 is 0. The van der Waals surface area contributed by atoms with Crippen molar-refractivity contribution >= 4 is 6.08 Å². The molecule has 0 unspecified atom stereocenters. The van der Waals surface area contributed by atoms with Gasteiger partial charge in [0.1, 0.15) is 12.4 Å². The highest BCUT2D eigenvalue weighted by molar-refractivity contribution is 5.61. The third-order valence-electron chi connectivity index (χ3n) is 2.15. The highest BCUT2D eigenvalue weighted by Gasteiger charge is 2.07. The minimum Gasteiger partial charge on any atom is -0.489 e. The SMILES string of the molecule is CC.CCC1=Cc2ccccc2OC1. The second kappa shape index (κ2) is 5.48. The fourth-order valence-corrected chi connectivity index (χ4v) is 1.37. The Kier molecular flexibility index (Phi) is 4.24. The zero-order valence-electron chi connectivity index (χ0n) is 9.21. The van der Waals surface area contributed by atoms with Gasteiger partial charge in [-0.2, -0.15) is 0 Å². The van der Waals surface area contributed by atoms with E-state index in [1.54, 1.807) is 0 Å². The summed E-state index contributed by atoms with van der Waals surface area (Å²) in [5, 5.41) is 0. The maximum Gasteiger partial charge on any atom is 0.127 e. The summed E-state index contributed by atoms with van der Waals surface area (Å²) in [7, 11) is 0. The topological polar surface area (TPSA) is 9.23 Å². The molecule has 0 N–H and O–H groups in total. The van der Waals surface area contributed by atoms with Crippen LogP contribution in [-0.4, -0.2) is 6.61 Å². The lowest BCUT2D eigenvalue weighted by molar-refractivity contribution is 0.344. The number of hydrogen-bond acceptors (Lipinski definition) is 1. The lowest BCUT2D eigenvalue weighted by Gasteiger charge is -2.16. The second-order valence-corrected chi connectivity index (χ2v) is 2.98. The fourth-order valence-electron chi connectivity index (χ4n) is 1.37. The maximum atomic E-state index is 5.56. The first-order valence-electron chi connectivity index (χ1n) is 5.31. The van der Waals surface area contributed by atoms with Crippen LogP contribution in [0.3, 0.4) is 0 Å². The molecule has 2 rings (SSSR count). The standard InChI is InChI=1S/C11H12O.C2H6/c1-2-9-7-10-5-3-4-6-11(10)12-8-9;1-2/h3-7H,2,8H2,1H3;1-2H3. The normalized spacial score (nSPS) is 12.9. The molecule has 0 saturated carbocycles. The summed E-state index contributed by atoms with van der Waals surface area (Å²) in [6, 6.07) is 8.14. The van der Waals surface area contributed by atoms with Crippen LogP contribution in [0.2, 0.25) is 0 Å². The number of ether oxygens (including phenoxy) is 1. The van der Waals surface area contributed by atoms with E-state index in [1.165, 1.54) is 11.1 Å². The van der Waals surface area contributed by atoms with E-state index in [2.05, 4.69) is 19.1 Å². The number of fused-ring (bicyclic) bond motifs is 1. The van der Waals surface area contributed by atoms with E-state index < -0.39 is 0 Å². The Morgan fingerprint density at radius 1 is 1.21 bits per heavy atom. The van der Waals surface area contributed by atoms with Crippen molar-refractivity contribution in [1.29, 1.82) is 0 Å². The molecule has 1 aromatic rings. The molecule has 1 aliphatic rings. The van der Waals surface area contributed by atoms with Crippen molar-refractivity contribution in [1.82, 2.24) is 0 Å². The number of para-hydroxylation sites is 1. The van der Waals surface area contributed by atoms with Crippen LogP contribution in [0, 0.1) is 0 Å². The van der Waals surface area contributed by atoms with E-state index in [0.29, 0.717) is 0 Å². The van der Waals surface area contributed by atoms with Gasteiger partial charge in [-0.05, 0) is 24.1 Å². The van der Waals surface area contributed by atoms with Crippen molar-refractivity contribution in [2.45, 2.75) is 27.2 Å². The second-order valence-electron chi connectivity index (χ2n) is 2.98. The van der Waals surface area contributed by atoms with Crippen LogP contribution in [-0.2, 0) is 0 Å². The van der Waals surface area contributed by atoms with E-state index in [0.717, 1.165) is 18.8 Å². The van der Waals surface area contributed by atoms with Gasteiger partial charge >= 0.3 is 0 Å². The monoisotopic (exact) mass is 190 g/mol. The Morgan fingerprint density at radius 3 is 2.64 bits per heavy atom. The molecule has 0 spiro atoms. The Bertz CT molecular complexity index is 313. The Labute approximate surface area is 86.4 Å². The van der Waals surface area contributed by atoms with Gasteiger partial charge in [0.05, 0.1) is 0 Å². The van der Waals surface area contributed by atoms with Gasteiger partial charge in [-0.15, -0.1) is 0 Å². The van der Waals surface area contributed by atoms with E-state index >= 15 is 0 Å². The molecule has 14 heavy (non-hydrogen) atoms. The fraction of sp³-hybridized carbons (Fsp3) is 0.385. The van der Waals surface area contributed by atoms with Crippen LogP contribution in [0.4, 0.5) is 0 Å². The summed E-state index contributed by atoms with van der Waals surface area (Å²) in [4.78, 5) is 0. The number of benzene rings is 1. The van der Waals surface area contributed by atoms with Crippen molar-refractivity contribution in [3.05, 3.63) is 35.4 Å². The minimum absolute atomic E-state index is 0.757. The van der Waals surface area contributed by atoms with Crippen LogP contribution >= 0.6 is 0 Å². The summed E-state index contributed by atoms with van der Waals surface area (Å²) in [5.41, 5.74) is 2.58. The summed E-state index contributed by atoms with van der Waals surface area (Å²) < 4.78 is 5.56. The average Bonchev–Trinajstić information content (AvgIpc) is 2.31. The summed E-state index contributed by atoms with van der Waals surface area (Å²) in [6.45, 7) is 6.91. The van der Waals surface area contributed by atoms with Crippen molar-refractivity contribution in [2.75, 3.05) is 6.61 Å². The smallest absolute Gasteiger partial charge is 0.127 e. The third-order valence-corrected chi connectivity index (χ3v) is 2.15. The predicted octanol–water partition coefficient (Wildman–Crippen LogP) is 3.90. The van der Waals surface area contributed by atoms with Gasteiger partial charge in [0, 0.05) is 5.56 Å². The van der Waals surface area contributed by atoms with Gasteiger partial charge in [-0.25, -0.2) is 0 Å². The van der Waals surface area contributed by atoms with Gasteiger partial charge in [0.2, 0.25) is 0 Å².